The molecular formula is C10H13NO3. The molecule has 4 nitrogen and oxygen atoms in total. The van der Waals surface area contributed by atoms with Crippen LogP contribution in [-0.2, 0) is 9.53 Å². The molecule has 2 N–H and O–H groups in total. The van der Waals surface area contributed by atoms with Crippen molar-refractivity contribution in [2.24, 2.45) is 0 Å². The minimum atomic E-state index is -0.240. The molecule has 0 heterocycles. The molecule has 0 atom stereocenters. The normalized spacial score (nSPS) is 9.50. The van der Waals surface area contributed by atoms with Gasteiger partial charge in [0.1, 0.15) is 5.75 Å². The van der Waals surface area contributed by atoms with Gasteiger partial charge in [-0.15, -0.1) is 0 Å². The first-order valence-corrected chi connectivity index (χ1v) is 4.32. The number of esters is 1. The van der Waals surface area contributed by atoms with Crippen molar-refractivity contribution in [3.05, 3.63) is 24.3 Å². The molecule has 1 aromatic carbocycles. The fraction of sp³-hybridized carbons (Fsp3) is 0.300. The van der Waals surface area contributed by atoms with Gasteiger partial charge in [-0.3, -0.25) is 4.79 Å². The van der Waals surface area contributed by atoms with Crippen LogP contribution in [0.4, 0.5) is 5.69 Å². The second-order valence-corrected chi connectivity index (χ2v) is 2.80. The molecule has 0 radical (unpaired) electrons. The topological polar surface area (TPSA) is 58.6 Å². The van der Waals surface area contributed by atoms with Crippen LogP contribution in [0.3, 0.4) is 0 Å². The molecule has 0 saturated carbocycles. The molecule has 0 aromatic heterocycles. The van der Waals surface area contributed by atoms with Crippen molar-refractivity contribution in [2.75, 3.05) is 19.0 Å². The van der Waals surface area contributed by atoms with E-state index in [-0.39, 0.29) is 11.7 Å². The Morgan fingerprint density at radius 1 is 1.43 bits per heavy atom. The molecule has 0 unspecified atom stereocenters. The van der Waals surface area contributed by atoms with Gasteiger partial charge in [0.05, 0.1) is 13.5 Å². The summed E-state index contributed by atoms with van der Waals surface area (Å²) < 4.78 is 4.49. The number of ether oxygens (including phenoxy) is 1. The summed E-state index contributed by atoms with van der Waals surface area (Å²) in [6.45, 7) is 0.525. The third-order valence-corrected chi connectivity index (χ3v) is 1.75. The van der Waals surface area contributed by atoms with Gasteiger partial charge in [-0.05, 0) is 24.3 Å². The maximum absolute atomic E-state index is 10.8. The lowest BCUT2D eigenvalue weighted by Crippen LogP contribution is -2.09. The van der Waals surface area contributed by atoms with Crippen molar-refractivity contribution in [1.29, 1.82) is 0 Å². The van der Waals surface area contributed by atoms with Crippen LogP contribution in [-0.4, -0.2) is 24.7 Å². The molecule has 0 aliphatic carbocycles. The van der Waals surface area contributed by atoms with E-state index in [0.717, 1.165) is 5.69 Å². The van der Waals surface area contributed by atoms with Crippen molar-refractivity contribution in [2.45, 2.75) is 6.42 Å². The van der Waals surface area contributed by atoms with Crippen LogP contribution < -0.4 is 5.32 Å². The molecule has 1 aromatic rings. The predicted octanol–water partition coefficient (Wildman–Crippen LogP) is 1.37. The number of anilines is 1. The highest BCUT2D eigenvalue weighted by atomic mass is 16.5. The number of phenolic OH excluding ortho intramolecular Hbond substituents is 1. The van der Waals surface area contributed by atoms with Gasteiger partial charge >= 0.3 is 5.97 Å². The number of rotatable bonds is 4. The first kappa shape index (κ1) is 10.4. The van der Waals surface area contributed by atoms with E-state index >= 15 is 0 Å². The molecule has 0 saturated heterocycles. The quantitative estimate of drug-likeness (QED) is 0.562. The average Bonchev–Trinajstić information content (AvgIpc) is 2.21. The average molecular weight is 195 g/mol. The van der Waals surface area contributed by atoms with E-state index in [0.29, 0.717) is 13.0 Å². The summed E-state index contributed by atoms with van der Waals surface area (Å²) in [5, 5.41) is 12.0. The highest BCUT2D eigenvalue weighted by Gasteiger charge is 1.98. The largest absolute Gasteiger partial charge is 0.508 e. The molecule has 0 spiro atoms. The molecule has 14 heavy (non-hydrogen) atoms. The number of aromatic hydroxyl groups is 1. The second kappa shape index (κ2) is 5.11. The number of carbonyl (C=O) groups is 1. The van der Waals surface area contributed by atoms with E-state index in [2.05, 4.69) is 10.1 Å². The molecule has 0 amide bonds. The van der Waals surface area contributed by atoms with Crippen molar-refractivity contribution in [3.8, 4) is 5.75 Å². The zero-order valence-electron chi connectivity index (χ0n) is 7.99. The van der Waals surface area contributed by atoms with Crippen LogP contribution in [0.1, 0.15) is 6.42 Å². The Kier molecular flexibility index (Phi) is 3.79. The fourth-order valence-corrected chi connectivity index (χ4v) is 0.990. The number of hydrogen-bond acceptors (Lipinski definition) is 4. The summed E-state index contributed by atoms with van der Waals surface area (Å²) in [5.41, 5.74) is 0.867. The van der Waals surface area contributed by atoms with E-state index in [1.54, 1.807) is 24.3 Å². The molecule has 0 fully saturated rings. The summed E-state index contributed by atoms with van der Waals surface area (Å²) in [6, 6.07) is 6.65. The first-order valence-electron chi connectivity index (χ1n) is 4.32. The van der Waals surface area contributed by atoms with Crippen LogP contribution in [0.15, 0.2) is 24.3 Å². The lowest BCUT2D eigenvalue weighted by atomic mass is 10.3. The van der Waals surface area contributed by atoms with Gasteiger partial charge in [-0.2, -0.15) is 0 Å². The molecule has 0 aliphatic rings. The van der Waals surface area contributed by atoms with E-state index in [4.69, 9.17) is 5.11 Å². The highest BCUT2D eigenvalue weighted by molar-refractivity contribution is 5.69. The summed E-state index contributed by atoms with van der Waals surface area (Å²) in [4.78, 5) is 10.8. The number of carbonyl (C=O) groups excluding carboxylic acids is 1. The summed E-state index contributed by atoms with van der Waals surface area (Å²) >= 11 is 0. The van der Waals surface area contributed by atoms with Crippen LogP contribution in [0.2, 0.25) is 0 Å². The maximum atomic E-state index is 10.8. The number of phenols is 1. The Morgan fingerprint density at radius 3 is 2.64 bits per heavy atom. The minimum absolute atomic E-state index is 0.225. The van der Waals surface area contributed by atoms with Crippen LogP contribution in [0, 0.1) is 0 Å². The Labute approximate surface area is 82.5 Å². The zero-order chi connectivity index (χ0) is 10.4. The number of hydrogen-bond donors (Lipinski definition) is 2. The lowest BCUT2D eigenvalue weighted by molar-refractivity contribution is -0.140. The fourth-order valence-electron chi connectivity index (χ4n) is 0.990. The minimum Gasteiger partial charge on any atom is -0.508 e. The Balaban J connectivity index is 2.31. The van der Waals surface area contributed by atoms with Crippen LogP contribution >= 0.6 is 0 Å². The van der Waals surface area contributed by atoms with E-state index < -0.39 is 0 Å². The number of methoxy groups -OCH3 is 1. The highest BCUT2D eigenvalue weighted by Crippen LogP contribution is 2.13. The third-order valence-electron chi connectivity index (χ3n) is 1.75. The Bertz CT molecular complexity index is 295. The van der Waals surface area contributed by atoms with Gasteiger partial charge in [0.15, 0.2) is 0 Å². The Hall–Kier alpha value is -1.71. The van der Waals surface area contributed by atoms with Gasteiger partial charge in [-0.25, -0.2) is 0 Å². The van der Waals surface area contributed by atoms with E-state index in [1.165, 1.54) is 7.11 Å². The first-order chi connectivity index (χ1) is 6.72. The van der Waals surface area contributed by atoms with Crippen molar-refractivity contribution < 1.29 is 14.6 Å². The smallest absolute Gasteiger partial charge is 0.307 e. The monoisotopic (exact) mass is 195 g/mol. The van der Waals surface area contributed by atoms with Gasteiger partial charge in [0, 0.05) is 12.2 Å². The van der Waals surface area contributed by atoms with Crippen LogP contribution in [0.5, 0.6) is 5.75 Å². The van der Waals surface area contributed by atoms with Gasteiger partial charge in [0.2, 0.25) is 0 Å². The van der Waals surface area contributed by atoms with Gasteiger partial charge in [0.25, 0.3) is 0 Å². The molecular weight excluding hydrogens is 182 g/mol. The summed E-state index contributed by atoms with van der Waals surface area (Å²) in [5.74, 6) is -0.0141. The van der Waals surface area contributed by atoms with Crippen LogP contribution in [0.25, 0.3) is 0 Å². The maximum Gasteiger partial charge on any atom is 0.307 e. The molecule has 0 bridgehead atoms. The van der Waals surface area contributed by atoms with E-state index in [9.17, 15) is 4.79 Å². The number of nitrogens with one attached hydrogen (secondary N) is 1. The lowest BCUT2D eigenvalue weighted by Gasteiger charge is -2.04. The third kappa shape index (κ3) is 3.35. The molecule has 0 aliphatic heterocycles. The van der Waals surface area contributed by atoms with Crippen molar-refractivity contribution >= 4 is 11.7 Å². The SMILES string of the molecule is COC(=O)CCNc1ccc(O)cc1. The second-order valence-electron chi connectivity index (χ2n) is 2.80. The Morgan fingerprint density at radius 2 is 2.07 bits per heavy atom. The summed E-state index contributed by atoms with van der Waals surface area (Å²) in [7, 11) is 1.36. The zero-order valence-corrected chi connectivity index (χ0v) is 7.99. The summed E-state index contributed by atoms with van der Waals surface area (Å²) in [6.07, 6.45) is 0.331. The van der Waals surface area contributed by atoms with Gasteiger partial charge < -0.3 is 15.2 Å². The van der Waals surface area contributed by atoms with Crippen molar-refractivity contribution in [3.63, 3.8) is 0 Å². The van der Waals surface area contributed by atoms with Crippen molar-refractivity contribution in [1.82, 2.24) is 0 Å². The molecule has 1 rings (SSSR count). The predicted molar refractivity (Wildman–Crippen MR) is 53.2 cm³/mol. The number of benzene rings is 1. The molecule has 4 heteroatoms. The van der Waals surface area contributed by atoms with E-state index in [1.807, 2.05) is 0 Å². The van der Waals surface area contributed by atoms with Gasteiger partial charge in [-0.1, -0.05) is 0 Å². The molecule has 76 valence electrons. The standard InChI is InChI=1S/C10H13NO3/c1-14-10(13)6-7-11-8-2-4-9(12)5-3-8/h2-5,11-12H,6-7H2,1H3.